The largest absolute Gasteiger partial charge is 0.325 e. The van der Waals surface area contributed by atoms with Crippen LogP contribution in [-0.2, 0) is 21.2 Å². The highest BCUT2D eigenvalue weighted by molar-refractivity contribution is 7.89. The second-order valence-electron chi connectivity index (χ2n) is 8.01. The van der Waals surface area contributed by atoms with Gasteiger partial charge in [-0.2, -0.15) is 0 Å². The summed E-state index contributed by atoms with van der Waals surface area (Å²) < 4.78 is 25.8. The maximum Gasteiger partial charge on any atom is 0.242 e. The maximum atomic E-state index is 12.8. The summed E-state index contributed by atoms with van der Waals surface area (Å²) in [5, 5.41) is 6.24. The molecule has 0 saturated carbocycles. The summed E-state index contributed by atoms with van der Waals surface area (Å²) in [6, 6.07) is 14.3. The van der Waals surface area contributed by atoms with Crippen LogP contribution in [0.5, 0.6) is 0 Å². The van der Waals surface area contributed by atoms with E-state index in [2.05, 4.69) is 55.7 Å². The summed E-state index contributed by atoms with van der Waals surface area (Å²) in [5.74, 6) is 0.0755. The van der Waals surface area contributed by atoms with Crippen LogP contribution in [0.25, 0.3) is 0 Å². The lowest BCUT2D eigenvalue weighted by Crippen LogP contribution is -2.41. The zero-order chi connectivity index (χ0) is 22.5. The molecule has 0 aromatic heterocycles. The lowest BCUT2D eigenvalue weighted by Gasteiger charge is -2.27. The molecule has 2 aromatic rings. The summed E-state index contributed by atoms with van der Waals surface area (Å²) in [6.45, 7) is 8.17. The van der Waals surface area contributed by atoms with Gasteiger partial charge >= 0.3 is 0 Å². The first-order valence-electron chi connectivity index (χ1n) is 10.2. The van der Waals surface area contributed by atoms with Crippen molar-refractivity contribution >= 4 is 21.6 Å². The number of nitrogens with zero attached hydrogens (tertiary/aromatic N) is 1. The molecular formula is C23H33N3O3S. The van der Waals surface area contributed by atoms with Crippen molar-refractivity contribution in [2.24, 2.45) is 5.92 Å². The van der Waals surface area contributed by atoms with E-state index in [1.54, 1.807) is 12.1 Å². The van der Waals surface area contributed by atoms with Gasteiger partial charge in [-0.1, -0.05) is 51.1 Å². The lowest BCUT2D eigenvalue weighted by atomic mass is 9.94. The molecular weight excluding hydrogens is 398 g/mol. The minimum Gasteiger partial charge on any atom is -0.325 e. The second kappa shape index (κ2) is 10.2. The molecule has 7 heteroatoms. The van der Waals surface area contributed by atoms with Crippen LogP contribution in [-0.4, -0.2) is 38.8 Å². The number of hydrogen-bond acceptors (Lipinski definition) is 4. The zero-order valence-corrected chi connectivity index (χ0v) is 19.5. The molecule has 0 unspecified atom stereocenters. The minimum atomic E-state index is -3.56. The fourth-order valence-corrected chi connectivity index (χ4v) is 4.12. The fourth-order valence-electron chi connectivity index (χ4n) is 3.17. The topological polar surface area (TPSA) is 78.5 Å². The highest BCUT2D eigenvalue weighted by Gasteiger charge is 2.23. The number of sulfonamides is 1. The van der Waals surface area contributed by atoms with Gasteiger partial charge in [-0.25, -0.2) is 12.7 Å². The Morgan fingerprint density at radius 3 is 2.20 bits per heavy atom. The molecule has 0 aliphatic heterocycles. The third-order valence-corrected chi connectivity index (χ3v) is 6.93. The molecule has 2 aromatic carbocycles. The van der Waals surface area contributed by atoms with Gasteiger partial charge in [-0.15, -0.1) is 0 Å². The Morgan fingerprint density at radius 1 is 1.03 bits per heavy atom. The van der Waals surface area contributed by atoms with Gasteiger partial charge in [0.25, 0.3) is 0 Å². The normalized spacial score (nSPS) is 14.0. The van der Waals surface area contributed by atoms with Crippen molar-refractivity contribution in [2.45, 2.75) is 51.1 Å². The van der Waals surface area contributed by atoms with Gasteiger partial charge in [0.1, 0.15) is 0 Å². The van der Waals surface area contributed by atoms with E-state index in [9.17, 15) is 13.2 Å². The number of aryl methyl sites for hydroxylation is 1. The van der Waals surface area contributed by atoms with Gasteiger partial charge < -0.3 is 5.32 Å². The van der Waals surface area contributed by atoms with Gasteiger partial charge in [0, 0.05) is 25.8 Å². The number of carbonyl (C=O) groups is 1. The fraction of sp³-hybridized carbons (Fsp3) is 0.435. The Balaban J connectivity index is 2.13. The van der Waals surface area contributed by atoms with Gasteiger partial charge in [-0.05, 0) is 48.6 Å². The number of hydrogen-bond donors (Lipinski definition) is 2. The van der Waals surface area contributed by atoms with Gasteiger partial charge in [0.15, 0.2) is 0 Å². The van der Waals surface area contributed by atoms with Crippen LogP contribution < -0.4 is 10.6 Å². The molecule has 2 N–H and O–H groups in total. The van der Waals surface area contributed by atoms with Crippen molar-refractivity contribution in [1.82, 2.24) is 9.62 Å². The average Bonchev–Trinajstić information content (AvgIpc) is 2.71. The van der Waals surface area contributed by atoms with Crippen LogP contribution in [0.2, 0.25) is 0 Å². The zero-order valence-electron chi connectivity index (χ0n) is 18.6. The molecule has 0 radical (unpaired) electrons. The first kappa shape index (κ1) is 24.1. The van der Waals surface area contributed by atoms with Gasteiger partial charge in [0.05, 0.1) is 10.9 Å². The number of benzene rings is 2. The first-order valence-corrected chi connectivity index (χ1v) is 11.7. The first-order chi connectivity index (χ1) is 14.1. The standard InChI is InChI=1S/C23H33N3O3S/c1-7-18-11-13-19(14-12-18)22(16(2)3)24-17(4)23(27)25-20-9-8-10-21(15-20)30(28,29)26(5)6/h8-17,22,24H,7H2,1-6H3,(H,25,27)/t17-,22+/m1/s1. The minimum absolute atomic E-state index is 0.0251. The third kappa shape index (κ3) is 5.90. The Hall–Kier alpha value is -2.22. The maximum absolute atomic E-state index is 12.8. The highest BCUT2D eigenvalue weighted by atomic mass is 32.2. The van der Waals surface area contributed by atoms with Crippen LogP contribution in [0, 0.1) is 5.92 Å². The second-order valence-corrected chi connectivity index (χ2v) is 10.2. The third-order valence-electron chi connectivity index (χ3n) is 5.12. The van der Waals surface area contributed by atoms with Crippen molar-refractivity contribution in [2.75, 3.05) is 19.4 Å². The van der Waals surface area contributed by atoms with E-state index in [1.165, 1.54) is 31.8 Å². The van der Waals surface area contributed by atoms with Crippen LogP contribution in [0.4, 0.5) is 5.69 Å². The molecule has 0 aliphatic rings. The van der Waals surface area contributed by atoms with Crippen molar-refractivity contribution in [3.8, 4) is 0 Å². The summed E-state index contributed by atoms with van der Waals surface area (Å²) in [6.07, 6.45) is 0.988. The van der Waals surface area contributed by atoms with Crippen molar-refractivity contribution < 1.29 is 13.2 Å². The predicted molar refractivity (Wildman–Crippen MR) is 122 cm³/mol. The van der Waals surface area contributed by atoms with Crippen molar-refractivity contribution in [3.05, 3.63) is 59.7 Å². The predicted octanol–water partition coefficient (Wildman–Crippen LogP) is 3.81. The molecule has 2 atom stereocenters. The molecule has 30 heavy (non-hydrogen) atoms. The van der Waals surface area contributed by atoms with Crippen molar-refractivity contribution in [3.63, 3.8) is 0 Å². The Kier molecular flexibility index (Phi) is 8.18. The molecule has 0 heterocycles. The molecule has 0 bridgehead atoms. The summed E-state index contributed by atoms with van der Waals surface area (Å²) >= 11 is 0. The number of anilines is 1. The summed E-state index contributed by atoms with van der Waals surface area (Å²) in [7, 11) is -0.605. The molecule has 0 spiro atoms. The number of rotatable bonds is 9. The molecule has 0 saturated heterocycles. The lowest BCUT2D eigenvalue weighted by molar-refractivity contribution is -0.118. The molecule has 164 valence electrons. The molecule has 6 nitrogen and oxygen atoms in total. The van der Waals surface area contributed by atoms with Crippen LogP contribution in [0.1, 0.15) is 44.9 Å². The van der Waals surface area contributed by atoms with E-state index in [1.807, 2.05) is 6.92 Å². The van der Waals surface area contributed by atoms with E-state index in [0.29, 0.717) is 11.6 Å². The number of amides is 1. The van der Waals surface area contributed by atoms with E-state index in [0.717, 1.165) is 16.3 Å². The smallest absolute Gasteiger partial charge is 0.242 e. The molecule has 0 aliphatic carbocycles. The van der Waals surface area contributed by atoms with E-state index in [4.69, 9.17) is 0 Å². The number of carbonyl (C=O) groups excluding carboxylic acids is 1. The van der Waals surface area contributed by atoms with Crippen LogP contribution >= 0.6 is 0 Å². The van der Waals surface area contributed by atoms with E-state index >= 15 is 0 Å². The van der Waals surface area contributed by atoms with E-state index in [-0.39, 0.29) is 16.8 Å². The van der Waals surface area contributed by atoms with Gasteiger partial charge in [-0.3, -0.25) is 10.1 Å². The van der Waals surface area contributed by atoms with Crippen LogP contribution in [0.3, 0.4) is 0 Å². The quantitative estimate of drug-likeness (QED) is 0.633. The Morgan fingerprint density at radius 2 is 1.67 bits per heavy atom. The number of nitrogens with one attached hydrogen (secondary N) is 2. The van der Waals surface area contributed by atoms with Crippen LogP contribution in [0.15, 0.2) is 53.4 Å². The van der Waals surface area contributed by atoms with Crippen molar-refractivity contribution in [1.29, 1.82) is 0 Å². The van der Waals surface area contributed by atoms with Gasteiger partial charge in [0.2, 0.25) is 15.9 Å². The Bertz CT molecular complexity index is 954. The monoisotopic (exact) mass is 431 g/mol. The Labute approximate surface area is 180 Å². The molecule has 1 amide bonds. The van der Waals surface area contributed by atoms with E-state index < -0.39 is 16.1 Å². The molecule has 2 rings (SSSR count). The average molecular weight is 432 g/mol. The summed E-state index contributed by atoms with van der Waals surface area (Å²) in [5.41, 5.74) is 2.87. The molecule has 0 fully saturated rings. The summed E-state index contributed by atoms with van der Waals surface area (Å²) in [4.78, 5) is 12.9. The highest BCUT2D eigenvalue weighted by Crippen LogP contribution is 2.23. The SMILES string of the molecule is CCc1ccc([C@@H](N[C@H](C)C(=O)Nc2cccc(S(=O)(=O)N(C)C)c2)C(C)C)cc1.